The zero-order valence-electron chi connectivity index (χ0n) is 49.2. The number of nitrogens with two attached hydrogens (primary N) is 2. The smallest absolute Gasteiger partial charge is 0.409 e. The molecule has 0 radical (unpaired) electrons. The van der Waals surface area contributed by atoms with Gasteiger partial charge in [-0.15, -0.1) is 0 Å². The minimum absolute atomic E-state index is 0.0262. The Morgan fingerprint density at radius 3 is 2.21 bits per heavy atom. The second-order valence-electron chi connectivity index (χ2n) is 22.6. The first-order valence-electron chi connectivity index (χ1n) is 29.2. The number of likely N-dealkylation sites (tertiary alicyclic amines) is 1. The van der Waals surface area contributed by atoms with E-state index in [0.717, 1.165) is 48.1 Å². The highest BCUT2D eigenvalue weighted by atomic mass is 19.1. The van der Waals surface area contributed by atoms with E-state index in [4.69, 9.17) is 44.6 Å². The van der Waals surface area contributed by atoms with Gasteiger partial charge in [0.25, 0.3) is 5.91 Å². The highest BCUT2D eigenvalue weighted by molar-refractivity contribution is 6.02. The molecule has 2 aliphatic heterocycles. The fourth-order valence-corrected chi connectivity index (χ4v) is 10.8. The molecule has 3 aromatic carbocycles. The Balaban J connectivity index is 0.698. The highest BCUT2D eigenvalue weighted by Crippen LogP contribution is 2.36. The number of likely N-dealkylation sites (N-methyl/N-ethyl adjacent to an activating group) is 1. The average molecular weight is 1180 g/mol. The number of benzene rings is 3. The first-order valence-corrected chi connectivity index (χ1v) is 29.2. The molecule has 1 aromatic heterocycles. The van der Waals surface area contributed by atoms with Gasteiger partial charge in [0.2, 0.25) is 17.7 Å². The Labute approximate surface area is 495 Å². The van der Waals surface area contributed by atoms with E-state index in [1.54, 1.807) is 42.0 Å². The normalized spacial score (nSPS) is 19.2. The standard InChI is InChI=1S/C62H81F2N9O12/c1-39(67-5)58(75)69-55(62(2,3)4)60(77)72-37-43-34-47(21-17-42(43)35-51(72)59(76)68-50-14-8-11-40-10-6-7-13-48(40)50)83-32-30-81-28-26-79-24-25-80-27-29-82-31-33-84-61(78)71-23-9-12-45(38-71)73-56(65)53(57(66)74)54(70-73)41-15-19-46(20-16-41)85-52-22-18-44(63)36-49(52)64/h6-7,10,13,15-19,21-22,34,36,39,45-46,50-51,55,67H,8-9,11-12,14,20,23-33,35,37-38,65H2,1-5H3,(H2,66,74)(H,68,76)(H,69,75)/t39-,45+,46?,50+,51-,55+/m0/s1. The van der Waals surface area contributed by atoms with Crippen LogP contribution >= 0.6 is 0 Å². The van der Waals surface area contributed by atoms with Crippen molar-refractivity contribution >= 4 is 41.1 Å². The molecule has 6 atom stereocenters. The lowest BCUT2D eigenvalue weighted by molar-refractivity contribution is -0.147. The van der Waals surface area contributed by atoms with E-state index >= 15 is 0 Å². The van der Waals surface area contributed by atoms with Crippen LogP contribution in [0.25, 0.3) is 5.57 Å². The number of nitrogens with one attached hydrogen (secondary N) is 3. The molecule has 1 saturated heterocycles. The molecular weight excluding hydrogens is 1100 g/mol. The minimum Gasteiger partial charge on any atom is -0.491 e. The topological polar surface area (TPSA) is 262 Å². The van der Waals surface area contributed by atoms with Crippen LogP contribution in [0, 0.1) is 17.0 Å². The summed E-state index contributed by atoms with van der Waals surface area (Å²) in [4.78, 5) is 71.1. The van der Waals surface area contributed by atoms with Crippen molar-refractivity contribution < 1.29 is 65.9 Å². The number of hydrogen-bond donors (Lipinski definition) is 5. The summed E-state index contributed by atoms with van der Waals surface area (Å²) in [5, 5.41) is 13.9. The molecule has 3 heterocycles. The summed E-state index contributed by atoms with van der Waals surface area (Å²) in [6.45, 7) is 11.0. The molecule has 8 rings (SSSR count). The van der Waals surface area contributed by atoms with Crippen molar-refractivity contribution in [2.75, 3.05) is 91.9 Å². The van der Waals surface area contributed by atoms with Gasteiger partial charge >= 0.3 is 6.09 Å². The second-order valence-corrected chi connectivity index (χ2v) is 22.6. The number of rotatable bonds is 27. The minimum atomic E-state index is -0.896. The summed E-state index contributed by atoms with van der Waals surface area (Å²) in [6, 6.07) is 14.2. The van der Waals surface area contributed by atoms with E-state index < -0.39 is 53.3 Å². The van der Waals surface area contributed by atoms with Gasteiger partial charge in [0, 0.05) is 38.5 Å². The number of ether oxygens (including phenoxy) is 7. The van der Waals surface area contributed by atoms with E-state index in [9.17, 15) is 32.8 Å². The van der Waals surface area contributed by atoms with Gasteiger partial charge in [-0.1, -0.05) is 63.3 Å². The van der Waals surface area contributed by atoms with Crippen LogP contribution in [-0.4, -0.2) is 160 Å². The van der Waals surface area contributed by atoms with Crippen molar-refractivity contribution in [1.29, 1.82) is 0 Å². The number of carbonyl (C=O) groups is 5. The Bertz CT molecular complexity index is 3040. The lowest BCUT2D eigenvalue weighted by Gasteiger charge is -2.41. The molecule has 1 unspecified atom stereocenters. The number of nitrogens with zero attached hydrogens (tertiary/aromatic N) is 4. The van der Waals surface area contributed by atoms with Crippen molar-refractivity contribution in [2.45, 2.75) is 115 Å². The molecule has 23 heteroatoms. The summed E-state index contributed by atoms with van der Waals surface area (Å²) >= 11 is 0. The first-order chi connectivity index (χ1) is 40.9. The molecule has 0 saturated carbocycles. The van der Waals surface area contributed by atoms with Crippen LogP contribution in [-0.2, 0) is 57.5 Å². The van der Waals surface area contributed by atoms with E-state index in [0.29, 0.717) is 83.2 Å². The number of nitrogen functional groups attached to an aromatic ring is 1. The maximum atomic E-state index is 14.7. The molecule has 4 aromatic rings. The van der Waals surface area contributed by atoms with Crippen LogP contribution < -0.4 is 36.9 Å². The maximum absolute atomic E-state index is 14.7. The number of halogens is 2. The van der Waals surface area contributed by atoms with Gasteiger partial charge in [-0.3, -0.25) is 19.2 Å². The lowest BCUT2D eigenvalue weighted by Crippen LogP contribution is -2.62. The van der Waals surface area contributed by atoms with E-state index in [2.05, 4.69) is 33.2 Å². The van der Waals surface area contributed by atoms with Crippen molar-refractivity contribution in [3.05, 3.63) is 124 Å². The van der Waals surface area contributed by atoms with Gasteiger partial charge in [0.15, 0.2) is 11.6 Å². The Morgan fingerprint density at radius 2 is 1.54 bits per heavy atom. The molecule has 0 spiro atoms. The van der Waals surface area contributed by atoms with Crippen LogP contribution in [0.15, 0.2) is 78.9 Å². The van der Waals surface area contributed by atoms with Crippen LogP contribution in [0.1, 0.15) is 110 Å². The molecule has 5 amide bonds. The third kappa shape index (κ3) is 16.9. The number of aromatic nitrogens is 2. The fourth-order valence-electron chi connectivity index (χ4n) is 10.8. The fraction of sp³-hybridized carbons (Fsp3) is 0.516. The van der Waals surface area contributed by atoms with Crippen LogP contribution in [0.4, 0.5) is 19.4 Å². The molecule has 1 fully saturated rings. The third-order valence-corrected chi connectivity index (χ3v) is 15.6. The zero-order valence-corrected chi connectivity index (χ0v) is 49.2. The Morgan fingerprint density at radius 1 is 0.835 bits per heavy atom. The van der Waals surface area contributed by atoms with Gasteiger partial charge in [-0.2, -0.15) is 5.10 Å². The largest absolute Gasteiger partial charge is 0.491 e. The Kier molecular flexibility index (Phi) is 22.5. The number of allylic oxidation sites excluding steroid dienone is 2. The predicted molar refractivity (Wildman–Crippen MR) is 312 cm³/mol. The second kappa shape index (κ2) is 30.1. The van der Waals surface area contributed by atoms with Gasteiger partial charge in [0.05, 0.1) is 71.0 Å². The average Bonchev–Trinajstić information content (AvgIpc) is 2.48. The van der Waals surface area contributed by atoms with Gasteiger partial charge in [-0.05, 0) is 110 Å². The van der Waals surface area contributed by atoms with Crippen LogP contribution in [0.2, 0.25) is 0 Å². The van der Waals surface area contributed by atoms with Crippen LogP contribution in [0.3, 0.4) is 0 Å². The van der Waals surface area contributed by atoms with Crippen molar-refractivity contribution in [3.8, 4) is 11.5 Å². The van der Waals surface area contributed by atoms with Gasteiger partial charge in [0.1, 0.15) is 60.0 Å². The first kappa shape index (κ1) is 63.6. The highest BCUT2D eigenvalue weighted by Gasteiger charge is 2.43. The zero-order chi connectivity index (χ0) is 60.6. The molecule has 0 bridgehead atoms. The molecule has 4 aliphatic rings. The van der Waals surface area contributed by atoms with Crippen molar-refractivity contribution in [1.82, 2.24) is 35.5 Å². The van der Waals surface area contributed by atoms with Crippen LogP contribution in [0.5, 0.6) is 11.5 Å². The molecule has 2 aliphatic carbocycles. The number of hydrogen-bond acceptors (Lipinski definition) is 15. The lowest BCUT2D eigenvalue weighted by atomic mass is 9.83. The third-order valence-electron chi connectivity index (χ3n) is 15.6. The number of piperidine rings is 1. The molecule has 7 N–H and O–H groups in total. The summed E-state index contributed by atoms with van der Waals surface area (Å²) < 4.78 is 69.0. The van der Waals surface area contributed by atoms with E-state index in [-0.39, 0.29) is 92.1 Å². The Hall–Kier alpha value is -7.44. The number of anilines is 1. The van der Waals surface area contributed by atoms with Gasteiger partial charge < -0.3 is 70.4 Å². The predicted octanol–water partition coefficient (Wildman–Crippen LogP) is 6.14. The number of fused-ring (bicyclic) bond motifs is 2. The maximum Gasteiger partial charge on any atom is 0.409 e. The number of aryl methyl sites for hydroxylation is 1. The molecular formula is C62H81F2N9O12. The molecule has 460 valence electrons. The summed E-state index contributed by atoms with van der Waals surface area (Å²) in [5.41, 5.74) is 16.6. The number of carbonyl (C=O) groups excluding carboxylic acids is 5. The number of amides is 5. The van der Waals surface area contributed by atoms with Gasteiger partial charge in [-0.25, -0.2) is 18.3 Å². The van der Waals surface area contributed by atoms with Crippen molar-refractivity contribution in [2.24, 2.45) is 11.1 Å². The van der Waals surface area contributed by atoms with E-state index in [1.807, 2.05) is 51.1 Å². The molecule has 85 heavy (non-hydrogen) atoms. The van der Waals surface area contributed by atoms with E-state index in [1.165, 1.54) is 16.3 Å². The summed E-state index contributed by atoms with van der Waals surface area (Å²) in [6.07, 6.45) is 8.65. The SMILES string of the molecule is CN[C@@H](C)C(=O)N[C@H](C(=O)N1Cc2cc(OCCOCCOCCOCCOCCOC(=O)N3CCC[C@@H](n4nc(C5=CCC(Oc6ccc(F)cc6F)C=C5)c(C(N)=O)c4N)C3)ccc2C[C@H]1C(=O)N[C@@H]1CCCc2ccccc21)C(C)(C)C. The number of primary amides is 1. The summed E-state index contributed by atoms with van der Waals surface area (Å²) in [5.74, 6) is -2.58. The van der Waals surface area contributed by atoms with Crippen molar-refractivity contribution in [3.63, 3.8) is 0 Å². The summed E-state index contributed by atoms with van der Waals surface area (Å²) in [7, 11) is 1.69. The quantitative estimate of drug-likeness (QED) is 0.0420. The monoisotopic (exact) mass is 1180 g/mol. The molecule has 21 nitrogen and oxygen atoms in total.